The van der Waals surface area contributed by atoms with E-state index in [0.717, 1.165) is 11.3 Å². The predicted octanol–water partition coefficient (Wildman–Crippen LogP) is 2.68. The molecule has 0 spiro atoms. The van der Waals surface area contributed by atoms with Crippen molar-refractivity contribution in [3.63, 3.8) is 0 Å². The van der Waals surface area contributed by atoms with Gasteiger partial charge in [-0.2, -0.15) is 5.10 Å². The molecule has 3 rings (SSSR count). The van der Waals surface area contributed by atoms with Gasteiger partial charge in [-0.15, -0.1) is 5.73 Å². The molecule has 0 saturated heterocycles. The first kappa shape index (κ1) is 21.8. The molecular weight excluding hydrogens is 394 g/mol. The minimum atomic E-state index is -0.902. The van der Waals surface area contributed by atoms with Crippen LogP contribution in [0.25, 0.3) is 5.65 Å². The molecular formula is C23H25N5O3. The first-order valence-corrected chi connectivity index (χ1v) is 9.94. The Hall–Kier alpha value is -3.90. The maximum absolute atomic E-state index is 13.4. The van der Waals surface area contributed by atoms with Crippen LogP contribution in [0.5, 0.6) is 5.75 Å². The minimum absolute atomic E-state index is 0.304. The number of nitrogens with zero attached hydrogens (tertiary/aromatic N) is 4. The molecule has 3 aromatic rings. The molecule has 0 aliphatic rings. The lowest BCUT2D eigenvalue weighted by molar-refractivity contribution is -0.137. The second-order valence-electron chi connectivity index (χ2n) is 6.83. The average Bonchev–Trinajstić information content (AvgIpc) is 3.27. The van der Waals surface area contributed by atoms with E-state index in [9.17, 15) is 9.59 Å². The van der Waals surface area contributed by atoms with E-state index in [-0.39, 0.29) is 11.8 Å². The fraction of sp³-hybridized carbons (Fsp3) is 0.261. The highest BCUT2D eigenvalue weighted by Gasteiger charge is 2.32. The van der Waals surface area contributed by atoms with Crippen LogP contribution in [0, 0.1) is 0 Å². The van der Waals surface area contributed by atoms with Gasteiger partial charge in [0, 0.05) is 19.2 Å². The Morgan fingerprint density at radius 2 is 2.06 bits per heavy atom. The van der Waals surface area contributed by atoms with Crippen LogP contribution in [-0.2, 0) is 16.1 Å². The Labute approximate surface area is 180 Å². The van der Waals surface area contributed by atoms with Crippen molar-refractivity contribution < 1.29 is 14.3 Å². The van der Waals surface area contributed by atoms with Gasteiger partial charge in [-0.05, 0) is 36.2 Å². The molecule has 0 aliphatic carbocycles. The van der Waals surface area contributed by atoms with Crippen LogP contribution in [0.4, 0.5) is 0 Å². The van der Waals surface area contributed by atoms with Gasteiger partial charge in [0.25, 0.3) is 5.91 Å². The first-order chi connectivity index (χ1) is 15.1. The summed E-state index contributed by atoms with van der Waals surface area (Å²) in [5.41, 5.74) is 4.55. The molecule has 1 aromatic carbocycles. The van der Waals surface area contributed by atoms with E-state index in [2.05, 4.69) is 27.7 Å². The zero-order chi connectivity index (χ0) is 22.2. The molecule has 0 radical (unpaired) electrons. The zero-order valence-corrected chi connectivity index (χ0v) is 17.6. The molecule has 1 atom stereocenters. The van der Waals surface area contributed by atoms with E-state index >= 15 is 0 Å². The van der Waals surface area contributed by atoms with E-state index in [4.69, 9.17) is 4.74 Å². The second-order valence-corrected chi connectivity index (χ2v) is 6.83. The fourth-order valence-electron chi connectivity index (χ4n) is 3.32. The third kappa shape index (κ3) is 4.99. The first-order valence-electron chi connectivity index (χ1n) is 9.94. The van der Waals surface area contributed by atoms with Crippen LogP contribution in [0.2, 0.25) is 0 Å². The van der Waals surface area contributed by atoms with Crippen molar-refractivity contribution in [2.24, 2.45) is 0 Å². The van der Waals surface area contributed by atoms with Gasteiger partial charge in [-0.3, -0.25) is 9.59 Å². The number of hydrogen-bond acceptors (Lipinski definition) is 5. The Morgan fingerprint density at radius 1 is 1.29 bits per heavy atom. The largest absolute Gasteiger partial charge is 0.497 e. The van der Waals surface area contributed by atoms with Crippen LogP contribution in [0.3, 0.4) is 0 Å². The highest BCUT2D eigenvalue weighted by Crippen LogP contribution is 2.23. The van der Waals surface area contributed by atoms with Crippen molar-refractivity contribution >= 4 is 17.5 Å². The number of hydrogen-bond donors (Lipinski definition) is 1. The molecule has 0 bridgehead atoms. The summed E-state index contributed by atoms with van der Waals surface area (Å²) in [5, 5.41) is 7.19. The smallest absolute Gasteiger partial charge is 0.255 e. The van der Waals surface area contributed by atoms with E-state index in [1.165, 1.54) is 17.3 Å². The molecule has 31 heavy (non-hydrogen) atoms. The molecule has 0 saturated carbocycles. The van der Waals surface area contributed by atoms with Crippen LogP contribution >= 0.6 is 0 Å². The van der Waals surface area contributed by atoms with E-state index < -0.39 is 6.04 Å². The monoisotopic (exact) mass is 419 g/mol. The summed E-state index contributed by atoms with van der Waals surface area (Å²) in [5.74, 6) is 0.0680. The minimum Gasteiger partial charge on any atom is -0.497 e. The number of nitrogens with one attached hydrogen (secondary N) is 1. The lowest BCUT2D eigenvalue weighted by Gasteiger charge is -2.30. The zero-order valence-electron chi connectivity index (χ0n) is 17.6. The number of carbonyl (C=O) groups is 2. The number of benzene rings is 1. The molecule has 160 valence electrons. The summed E-state index contributed by atoms with van der Waals surface area (Å²) in [7, 11) is 1.60. The maximum atomic E-state index is 13.4. The number of carbonyl (C=O) groups excluding carboxylic acids is 2. The number of fused-ring (bicyclic) bond motifs is 1. The molecule has 8 nitrogen and oxygen atoms in total. The van der Waals surface area contributed by atoms with E-state index in [1.54, 1.807) is 29.8 Å². The van der Waals surface area contributed by atoms with Crippen LogP contribution < -0.4 is 10.1 Å². The standard InChI is InChI=1S/C23H25N5O3/c1-4-7-21(29)27(14-5-2)22(19-8-6-9-20-25-16-26-28(19)20)23(30)24-15-17-10-12-18(31-3)13-11-17/h6-13,16,22H,1,5,14-15H2,2-3H3,(H,24,30). The van der Waals surface area contributed by atoms with Crippen LogP contribution in [0.15, 0.2) is 67.2 Å². The summed E-state index contributed by atoms with van der Waals surface area (Å²) in [6.45, 7) is 6.11. The molecule has 1 unspecified atom stereocenters. The van der Waals surface area contributed by atoms with Crippen molar-refractivity contribution in [3.05, 3.63) is 78.4 Å². The highest BCUT2D eigenvalue weighted by atomic mass is 16.5. The van der Waals surface area contributed by atoms with Crippen molar-refractivity contribution in [2.45, 2.75) is 25.9 Å². The molecule has 0 fully saturated rings. The fourth-order valence-corrected chi connectivity index (χ4v) is 3.32. The van der Waals surface area contributed by atoms with Gasteiger partial charge >= 0.3 is 0 Å². The van der Waals surface area contributed by atoms with Crippen molar-refractivity contribution in [1.29, 1.82) is 0 Å². The maximum Gasteiger partial charge on any atom is 0.255 e. The third-order valence-corrected chi connectivity index (χ3v) is 4.77. The normalized spacial score (nSPS) is 11.4. The molecule has 8 heteroatoms. The molecule has 2 amide bonds. The Kier molecular flexibility index (Phi) is 7.19. The van der Waals surface area contributed by atoms with Crippen molar-refractivity contribution in [1.82, 2.24) is 24.8 Å². The summed E-state index contributed by atoms with van der Waals surface area (Å²) in [4.78, 5) is 31.9. The van der Waals surface area contributed by atoms with Crippen LogP contribution in [0.1, 0.15) is 30.6 Å². The number of methoxy groups -OCH3 is 1. The van der Waals surface area contributed by atoms with Gasteiger partial charge in [0.15, 0.2) is 11.7 Å². The average molecular weight is 419 g/mol. The lowest BCUT2D eigenvalue weighted by Crippen LogP contribution is -2.44. The predicted molar refractivity (Wildman–Crippen MR) is 116 cm³/mol. The summed E-state index contributed by atoms with van der Waals surface area (Å²) in [6, 6.07) is 11.9. The van der Waals surface area contributed by atoms with Gasteiger partial charge in [-0.1, -0.05) is 31.7 Å². The summed E-state index contributed by atoms with van der Waals surface area (Å²) >= 11 is 0. The highest BCUT2D eigenvalue weighted by molar-refractivity contribution is 5.93. The Morgan fingerprint density at radius 3 is 2.74 bits per heavy atom. The summed E-state index contributed by atoms with van der Waals surface area (Å²) < 4.78 is 6.74. The number of pyridine rings is 1. The van der Waals surface area contributed by atoms with Crippen molar-refractivity contribution in [2.75, 3.05) is 13.7 Å². The van der Waals surface area contributed by atoms with E-state index in [1.807, 2.05) is 31.2 Å². The lowest BCUT2D eigenvalue weighted by atomic mass is 10.1. The number of ether oxygens (including phenoxy) is 1. The Balaban J connectivity index is 1.95. The molecule has 1 N–H and O–H groups in total. The molecule has 2 aromatic heterocycles. The number of rotatable bonds is 9. The quantitative estimate of drug-likeness (QED) is 0.426. The van der Waals surface area contributed by atoms with E-state index in [0.29, 0.717) is 30.9 Å². The molecule has 0 aliphatic heterocycles. The summed E-state index contributed by atoms with van der Waals surface area (Å²) in [6.07, 6.45) is 3.33. The second kappa shape index (κ2) is 10.2. The SMILES string of the molecule is C=C=CC(=O)N(CCC)C(C(=O)NCc1ccc(OC)cc1)c1cccc2ncnn12. The Bertz CT molecular complexity index is 1100. The van der Waals surface area contributed by atoms with Gasteiger partial charge in [-0.25, -0.2) is 9.50 Å². The molecule has 2 heterocycles. The number of aromatic nitrogens is 3. The van der Waals surface area contributed by atoms with Gasteiger partial charge in [0.1, 0.15) is 12.1 Å². The van der Waals surface area contributed by atoms with Crippen LogP contribution in [-0.4, -0.2) is 45.0 Å². The topological polar surface area (TPSA) is 88.8 Å². The van der Waals surface area contributed by atoms with Gasteiger partial charge in [0.2, 0.25) is 5.91 Å². The number of amides is 2. The third-order valence-electron chi connectivity index (χ3n) is 4.77. The van der Waals surface area contributed by atoms with Crippen molar-refractivity contribution in [3.8, 4) is 5.75 Å². The van der Waals surface area contributed by atoms with Gasteiger partial charge in [0.05, 0.1) is 12.8 Å². The van der Waals surface area contributed by atoms with Gasteiger partial charge < -0.3 is 15.0 Å².